The van der Waals surface area contributed by atoms with Gasteiger partial charge in [-0.3, -0.25) is 10.1 Å². The number of nitrogens with one attached hydrogen (secondary N) is 1. The van der Waals surface area contributed by atoms with E-state index in [4.69, 9.17) is 4.74 Å². The maximum absolute atomic E-state index is 10.9. The first kappa shape index (κ1) is 15.3. The van der Waals surface area contributed by atoms with Gasteiger partial charge in [-0.15, -0.1) is 0 Å². The zero-order chi connectivity index (χ0) is 14.4. The SMILES string of the molecule is CC(C)CCNc1ccc([N+](=O)[O-])c(OC(C)C)c1. The summed E-state index contributed by atoms with van der Waals surface area (Å²) in [6.45, 7) is 8.86. The molecule has 0 spiro atoms. The Morgan fingerprint density at radius 2 is 2.00 bits per heavy atom. The van der Waals surface area contributed by atoms with Crippen molar-refractivity contribution in [3.8, 4) is 5.75 Å². The topological polar surface area (TPSA) is 64.4 Å². The van der Waals surface area contributed by atoms with Crippen molar-refractivity contribution in [2.75, 3.05) is 11.9 Å². The number of benzene rings is 1. The lowest BCUT2D eigenvalue weighted by Crippen LogP contribution is -2.09. The molecule has 0 bridgehead atoms. The van der Waals surface area contributed by atoms with Crippen molar-refractivity contribution in [1.29, 1.82) is 0 Å². The van der Waals surface area contributed by atoms with Gasteiger partial charge in [0.25, 0.3) is 0 Å². The highest BCUT2D eigenvalue weighted by Gasteiger charge is 2.16. The van der Waals surface area contributed by atoms with Crippen molar-refractivity contribution in [3.05, 3.63) is 28.3 Å². The van der Waals surface area contributed by atoms with Crippen molar-refractivity contribution in [2.45, 2.75) is 40.2 Å². The Labute approximate surface area is 114 Å². The molecular weight excluding hydrogens is 244 g/mol. The Hall–Kier alpha value is -1.78. The van der Waals surface area contributed by atoms with Crippen LogP contribution in [0, 0.1) is 16.0 Å². The Balaban J connectivity index is 2.82. The first-order valence-electron chi connectivity index (χ1n) is 6.59. The van der Waals surface area contributed by atoms with E-state index in [9.17, 15) is 10.1 Å². The van der Waals surface area contributed by atoms with Gasteiger partial charge in [-0.1, -0.05) is 13.8 Å². The van der Waals surface area contributed by atoms with Gasteiger partial charge in [0.1, 0.15) is 0 Å². The minimum Gasteiger partial charge on any atom is -0.484 e. The largest absolute Gasteiger partial charge is 0.484 e. The van der Waals surface area contributed by atoms with Gasteiger partial charge in [0.2, 0.25) is 0 Å². The average molecular weight is 266 g/mol. The van der Waals surface area contributed by atoms with Gasteiger partial charge in [-0.25, -0.2) is 0 Å². The van der Waals surface area contributed by atoms with Crippen LogP contribution in [-0.2, 0) is 0 Å². The lowest BCUT2D eigenvalue weighted by atomic mass is 10.1. The number of nitro groups is 1. The summed E-state index contributed by atoms with van der Waals surface area (Å²) in [7, 11) is 0. The van der Waals surface area contributed by atoms with E-state index in [1.54, 1.807) is 12.1 Å². The van der Waals surface area contributed by atoms with Gasteiger partial charge >= 0.3 is 5.69 Å². The first-order valence-corrected chi connectivity index (χ1v) is 6.59. The Morgan fingerprint density at radius 3 is 2.53 bits per heavy atom. The number of nitro benzene ring substituents is 1. The summed E-state index contributed by atoms with van der Waals surface area (Å²) in [6, 6.07) is 4.89. The van der Waals surface area contributed by atoms with Crippen molar-refractivity contribution < 1.29 is 9.66 Å². The Kier molecular flexibility index (Phi) is 5.60. The molecule has 0 saturated heterocycles. The molecule has 0 atom stereocenters. The van der Waals surface area contributed by atoms with Gasteiger partial charge in [-0.05, 0) is 32.3 Å². The molecule has 0 unspecified atom stereocenters. The molecule has 0 fully saturated rings. The molecule has 0 aliphatic heterocycles. The molecule has 5 heteroatoms. The molecule has 19 heavy (non-hydrogen) atoms. The molecule has 0 saturated carbocycles. The second-order valence-electron chi connectivity index (χ2n) is 5.22. The van der Waals surface area contributed by atoms with Gasteiger partial charge < -0.3 is 10.1 Å². The van der Waals surface area contributed by atoms with Crippen molar-refractivity contribution in [3.63, 3.8) is 0 Å². The number of anilines is 1. The molecule has 0 radical (unpaired) electrons. The predicted octanol–water partition coefficient (Wildman–Crippen LogP) is 3.84. The summed E-state index contributed by atoms with van der Waals surface area (Å²) in [4.78, 5) is 10.5. The third kappa shape index (κ3) is 5.16. The minimum atomic E-state index is -0.421. The zero-order valence-electron chi connectivity index (χ0n) is 12.0. The normalized spacial score (nSPS) is 10.8. The number of rotatable bonds is 7. The quantitative estimate of drug-likeness (QED) is 0.601. The zero-order valence-corrected chi connectivity index (χ0v) is 12.0. The minimum absolute atomic E-state index is 0.00288. The molecule has 1 aromatic rings. The van der Waals surface area contributed by atoms with Crippen LogP contribution >= 0.6 is 0 Å². The van der Waals surface area contributed by atoms with Gasteiger partial charge in [0, 0.05) is 24.4 Å². The van der Waals surface area contributed by atoms with Crippen LogP contribution in [0.1, 0.15) is 34.1 Å². The predicted molar refractivity (Wildman–Crippen MR) is 76.8 cm³/mol. The smallest absolute Gasteiger partial charge is 0.311 e. The molecular formula is C14H22N2O3. The Morgan fingerprint density at radius 1 is 1.32 bits per heavy atom. The summed E-state index contributed by atoms with van der Waals surface area (Å²) in [5.41, 5.74) is 0.852. The molecule has 0 aromatic heterocycles. The molecule has 0 amide bonds. The van der Waals surface area contributed by atoms with Crippen molar-refractivity contribution >= 4 is 11.4 Å². The van der Waals surface area contributed by atoms with Gasteiger partial charge in [0.15, 0.2) is 5.75 Å². The summed E-state index contributed by atoms with van der Waals surface area (Å²) >= 11 is 0. The Bertz CT molecular complexity index is 431. The van der Waals surface area contributed by atoms with E-state index in [1.807, 2.05) is 13.8 Å². The first-order chi connectivity index (χ1) is 8.90. The van der Waals surface area contributed by atoms with Gasteiger partial charge in [0.05, 0.1) is 11.0 Å². The molecule has 0 aliphatic rings. The van der Waals surface area contributed by atoms with Crippen LogP contribution in [0.2, 0.25) is 0 Å². The average Bonchev–Trinajstić information content (AvgIpc) is 2.27. The number of hydrogen-bond acceptors (Lipinski definition) is 4. The number of nitrogens with zero attached hydrogens (tertiary/aromatic N) is 1. The lowest BCUT2D eigenvalue weighted by Gasteiger charge is -2.13. The number of hydrogen-bond donors (Lipinski definition) is 1. The highest BCUT2D eigenvalue weighted by atomic mass is 16.6. The lowest BCUT2D eigenvalue weighted by molar-refractivity contribution is -0.386. The third-order valence-corrected chi connectivity index (χ3v) is 2.57. The van der Waals surface area contributed by atoms with E-state index in [2.05, 4.69) is 19.2 Å². The maximum Gasteiger partial charge on any atom is 0.311 e. The second kappa shape index (κ2) is 6.97. The fourth-order valence-corrected chi connectivity index (χ4v) is 1.63. The molecule has 1 N–H and O–H groups in total. The molecule has 1 rings (SSSR count). The highest BCUT2D eigenvalue weighted by molar-refractivity contribution is 5.58. The van der Waals surface area contributed by atoms with Crippen LogP contribution in [0.25, 0.3) is 0 Å². The molecule has 0 heterocycles. The van der Waals surface area contributed by atoms with Crippen LogP contribution in [0.4, 0.5) is 11.4 Å². The fraction of sp³-hybridized carbons (Fsp3) is 0.571. The van der Waals surface area contributed by atoms with Crippen LogP contribution in [-0.4, -0.2) is 17.6 Å². The van der Waals surface area contributed by atoms with E-state index < -0.39 is 4.92 Å². The van der Waals surface area contributed by atoms with E-state index in [0.29, 0.717) is 11.7 Å². The van der Waals surface area contributed by atoms with Crippen LogP contribution < -0.4 is 10.1 Å². The fourth-order valence-electron chi connectivity index (χ4n) is 1.63. The van der Waals surface area contributed by atoms with Gasteiger partial charge in [-0.2, -0.15) is 0 Å². The third-order valence-electron chi connectivity index (χ3n) is 2.57. The van der Waals surface area contributed by atoms with Crippen LogP contribution in [0.3, 0.4) is 0 Å². The van der Waals surface area contributed by atoms with Crippen LogP contribution in [0.5, 0.6) is 5.75 Å². The van der Waals surface area contributed by atoms with E-state index >= 15 is 0 Å². The van der Waals surface area contributed by atoms with Crippen molar-refractivity contribution in [1.82, 2.24) is 0 Å². The van der Waals surface area contributed by atoms with E-state index in [1.165, 1.54) is 6.07 Å². The monoisotopic (exact) mass is 266 g/mol. The summed E-state index contributed by atoms with van der Waals surface area (Å²) in [6.07, 6.45) is 0.960. The summed E-state index contributed by atoms with van der Waals surface area (Å²) in [5.74, 6) is 0.937. The van der Waals surface area contributed by atoms with Crippen LogP contribution in [0.15, 0.2) is 18.2 Å². The molecule has 5 nitrogen and oxygen atoms in total. The van der Waals surface area contributed by atoms with E-state index in [-0.39, 0.29) is 11.8 Å². The molecule has 106 valence electrons. The van der Waals surface area contributed by atoms with E-state index in [0.717, 1.165) is 18.7 Å². The highest BCUT2D eigenvalue weighted by Crippen LogP contribution is 2.30. The number of ether oxygens (including phenoxy) is 1. The molecule has 0 aliphatic carbocycles. The molecule has 1 aromatic carbocycles. The summed E-state index contributed by atoms with van der Waals surface area (Å²) < 4.78 is 5.49. The summed E-state index contributed by atoms with van der Waals surface area (Å²) in [5, 5.41) is 14.2. The maximum atomic E-state index is 10.9. The standard InChI is InChI=1S/C14H22N2O3/c1-10(2)7-8-15-12-5-6-13(16(17)18)14(9-12)19-11(3)4/h5-6,9-11,15H,7-8H2,1-4H3. The van der Waals surface area contributed by atoms with Crippen molar-refractivity contribution in [2.24, 2.45) is 5.92 Å². The second-order valence-corrected chi connectivity index (χ2v) is 5.22.